The van der Waals surface area contributed by atoms with E-state index in [0.29, 0.717) is 31.9 Å². The van der Waals surface area contributed by atoms with Crippen LogP contribution < -0.4 is 4.90 Å². The van der Waals surface area contributed by atoms with Crippen molar-refractivity contribution in [2.45, 2.75) is 13.5 Å². The number of thiazole rings is 1. The normalized spacial score (nSPS) is 18.0. The molecule has 0 bridgehead atoms. The molecule has 7 nitrogen and oxygen atoms in total. The molecule has 0 saturated carbocycles. The number of aromatic nitrogens is 1. The monoisotopic (exact) mass is 431 g/mol. The minimum Gasteiger partial charge on any atom is -0.369 e. The maximum absolute atomic E-state index is 13.1. The number of piperazine rings is 2. The third kappa shape index (κ3) is 4.79. The minimum atomic E-state index is -0.216. The Morgan fingerprint density at radius 3 is 2.23 bits per heavy atom. The lowest BCUT2D eigenvalue weighted by atomic mass is 10.2. The van der Waals surface area contributed by atoms with Crippen LogP contribution in [0.1, 0.15) is 22.4 Å². The molecule has 0 atom stereocenters. The third-order valence-corrected chi connectivity index (χ3v) is 6.54. The molecule has 30 heavy (non-hydrogen) atoms. The van der Waals surface area contributed by atoms with Gasteiger partial charge in [0.15, 0.2) is 0 Å². The zero-order chi connectivity index (χ0) is 21.1. The lowest BCUT2D eigenvalue weighted by molar-refractivity contribution is -0.130. The minimum absolute atomic E-state index is 0.0533. The van der Waals surface area contributed by atoms with Crippen LogP contribution in [-0.4, -0.2) is 83.9 Å². The van der Waals surface area contributed by atoms with Gasteiger partial charge in [0.25, 0.3) is 5.91 Å². The molecule has 0 spiro atoms. The van der Waals surface area contributed by atoms with Crippen LogP contribution in [-0.2, 0) is 11.3 Å². The zero-order valence-electron chi connectivity index (χ0n) is 17.1. The number of rotatable bonds is 4. The first kappa shape index (κ1) is 20.7. The lowest BCUT2D eigenvalue weighted by Gasteiger charge is -2.35. The topological polar surface area (TPSA) is 60.0 Å². The molecule has 0 unspecified atom stereocenters. The number of anilines is 1. The first-order chi connectivity index (χ1) is 14.5. The van der Waals surface area contributed by atoms with Gasteiger partial charge in [-0.2, -0.15) is 0 Å². The third-order valence-electron chi connectivity index (χ3n) is 5.71. The molecule has 0 radical (unpaired) electrons. The summed E-state index contributed by atoms with van der Waals surface area (Å²) in [5.74, 6) is -0.216. The molecule has 1 aromatic carbocycles. The number of hydrogen-bond donors (Lipinski definition) is 0. The molecule has 2 aliphatic rings. The average Bonchev–Trinajstić information content (AvgIpc) is 3.23. The highest BCUT2D eigenvalue weighted by atomic mass is 32.1. The zero-order valence-corrected chi connectivity index (χ0v) is 17.9. The lowest BCUT2D eigenvalue weighted by Crippen LogP contribution is -2.50. The Bertz CT molecular complexity index is 887. The fourth-order valence-corrected chi connectivity index (χ4v) is 4.68. The molecule has 1 aromatic heterocycles. The van der Waals surface area contributed by atoms with E-state index >= 15 is 0 Å². The molecular formula is C21H26FN5O2S. The predicted molar refractivity (Wildman–Crippen MR) is 114 cm³/mol. The van der Waals surface area contributed by atoms with Gasteiger partial charge in [0.2, 0.25) is 5.91 Å². The number of nitrogens with zero attached hydrogens (tertiary/aromatic N) is 5. The number of amides is 2. The van der Waals surface area contributed by atoms with Gasteiger partial charge in [-0.15, -0.1) is 11.3 Å². The van der Waals surface area contributed by atoms with E-state index in [1.165, 1.54) is 23.5 Å². The quantitative estimate of drug-likeness (QED) is 0.740. The SMILES string of the molecule is CC(=O)N1CCN(C(=O)c2csc(CN3CCN(c4ccc(F)cc4)CC3)n2)CC1. The predicted octanol–water partition coefficient (Wildman–Crippen LogP) is 1.91. The molecule has 160 valence electrons. The van der Waals surface area contributed by atoms with Crippen molar-refractivity contribution in [3.8, 4) is 0 Å². The molecule has 0 N–H and O–H groups in total. The Balaban J connectivity index is 1.27. The summed E-state index contributed by atoms with van der Waals surface area (Å²) in [7, 11) is 0. The highest BCUT2D eigenvalue weighted by Gasteiger charge is 2.25. The molecule has 2 aromatic rings. The number of benzene rings is 1. The Morgan fingerprint density at radius 2 is 1.60 bits per heavy atom. The fraction of sp³-hybridized carbons (Fsp3) is 0.476. The Kier molecular flexibility index (Phi) is 6.29. The first-order valence-corrected chi connectivity index (χ1v) is 11.1. The van der Waals surface area contributed by atoms with Crippen LogP contribution in [0.2, 0.25) is 0 Å². The van der Waals surface area contributed by atoms with Gasteiger partial charge in [0.05, 0.1) is 6.54 Å². The van der Waals surface area contributed by atoms with Crippen molar-refractivity contribution in [1.82, 2.24) is 19.7 Å². The Hall–Kier alpha value is -2.52. The average molecular weight is 432 g/mol. The number of carbonyl (C=O) groups is 2. The van der Waals surface area contributed by atoms with Gasteiger partial charge in [0.1, 0.15) is 16.5 Å². The number of hydrogen-bond acceptors (Lipinski definition) is 6. The van der Waals surface area contributed by atoms with E-state index in [2.05, 4.69) is 14.8 Å². The standard InChI is InChI=1S/C21H26FN5O2S/c1-16(28)25-10-12-27(13-11-25)21(29)19-15-30-20(23-19)14-24-6-8-26(9-7-24)18-4-2-17(22)3-5-18/h2-5,15H,6-14H2,1H3. The molecule has 4 rings (SSSR count). The Labute approximate surface area is 179 Å². The second kappa shape index (κ2) is 9.09. The van der Waals surface area contributed by atoms with E-state index in [0.717, 1.165) is 43.4 Å². The summed E-state index contributed by atoms with van der Waals surface area (Å²) in [6.45, 7) is 8.10. The van der Waals surface area contributed by atoms with Crippen molar-refractivity contribution >= 4 is 28.8 Å². The molecule has 2 amide bonds. The van der Waals surface area contributed by atoms with Crippen LogP contribution in [0.3, 0.4) is 0 Å². The largest absolute Gasteiger partial charge is 0.369 e. The van der Waals surface area contributed by atoms with Gasteiger partial charge >= 0.3 is 0 Å². The highest BCUT2D eigenvalue weighted by molar-refractivity contribution is 7.09. The molecule has 2 saturated heterocycles. The van der Waals surface area contributed by atoms with Crippen LogP contribution in [0, 0.1) is 5.82 Å². The van der Waals surface area contributed by atoms with Crippen molar-refractivity contribution in [2.75, 3.05) is 57.3 Å². The Morgan fingerprint density at radius 1 is 0.967 bits per heavy atom. The number of halogens is 1. The molecule has 0 aliphatic carbocycles. The maximum atomic E-state index is 13.1. The van der Waals surface area contributed by atoms with Crippen LogP contribution in [0.25, 0.3) is 0 Å². The van der Waals surface area contributed by atoms with Gasteiger partial charge < -0.3 is 14.7 Å². The molecule has 2 fully saturated rings. The van der Waals surface area contributed by atoms with Crippen LogP contribution in [0.4, 0.5) is 10.1 Å². The maximum Gasteiger partial charge on any atom is 0.273 e. The van der Waals surface area contributed by atoms with Gasteiger partial charge in [-0.05, 0) is 24.3 Å². The van der Waals surface area contributed by atoms with E-state index in [1.54, 1.807) is 16.7 Å². The summed E-state index contributed by atoms with van der Waals surface area (Å²) >= 11 is 1.52. The summed E-state index contributed by atoms with van der Waals surface area (Å²) in [4.78, 5) is 36.9. The summed E-state index contributed by atoms with van der Waals surface area (Å²) in [6.07, 6.45) is 0. The van der Waals surface area contributed by atoms with Crippen molar-refractivity contribution in [3.63, 3.8) is 0 Å². The van der Waals surface area contributed by atoms with Crippen LogP contribution in [0.15, 0.2) is 29.6 Å². The summed E-state index contributed by atoms with van der Waals surface area (Å²) in [6, 6.07) is 6.63. The van der Waals surface area contributed by atoms with Crippen molar-refractivity contribution in [2.24, 2.45) is 0 Å². The van der Waals surface area contributed by atoms with E-state index < -0.39 is 0 Å². The number of carbonyl (C=O) groups excluding carboxylic acids is 2. The van der Waals surface area contributed by atoms with Gasteiger partial charge in [-0.25, -0.2) is 9.37 Å². The summed E-state index contributed by atoms with van der Waals surface area (Å²) in [5, 5.41) is 2.78. The highest BCUT2D eigenvalue weighted by Crippen LogP contribution is 2.19. The first-order valence-electron chi connectivity index (χ1n) is 10.2. The van der Waals surface area contributed by atoms with Crippen LogP contribution in [0.5, 0.6) is 0 Å². The fourth-order valence-electron chi connectivity index (χ4n) is 3.88. The molecule has 3 heterocycles. The van der Waals surface area contributed by atoms with Gasteiger partial charge in [-0.3, -0.25) is 14.5 Å². The van der Waals surface area contributed by atoms with Crippen molar-refractivity contribution < 1.29 is 14.0 Å². The second-order valence-corrected chi connectivity index (χ2v) is 8.61. The van der Waals surface area contributed by atoms with Gasteiger partial charge in [-0.1, -0.05) is 0 Å². The van der Waals surface area contributed by atoms with E-state index in [-0.39, 0.29) is 17.6 Å². The van der Waals surface area contributed by atoms with E-state index in [9.17, 15) is 14.0 Å². The van der Waals surface area contributed by atoms with Gasteiger partial charge in [0, 0.05) is 70.3 Å². The molecule has 2 aliphatic heterocycles. The second-order valence-electron chi connectivity index (χ2n) is 7.66. The smallest absolute Gasteiger partial charge is 0.273 e. The van der Waals surface area contributed by atoms with E-state index in [1.807, 2.05) is 17.5 Å². The van der Waals surface area contributed by atoms with Crippen molar-refractivity contribution in [3.05, 3.63) is 46.2 Å². The van der Waals surface area contributed by atoms with E-state index in [4.69, 9.17) is 0 Å². The molecule has 9 heteroatoms. The molecular weight excluding hydrogens is 405 g/mol. The summed E-state index contributed by atoms with van der Waals surface area (Å²) < 4.78 is 13.1. The van der Waals surface area contributed by atoms with Crippen LogP contribution >= 0.6 is 11.3 Å². The summed E-state index contributed by atoms with van der Waals surface area (Å²) in [5.41, 5.74) is 1.54. The van der Waals surface area contributed by atoms with Crippen molar-refractivity contribution in [1.29, 1.82) is 0 Å².